The molecule has 0 bridgehead atoms. The molecule has 0 aromatic rings. The molecule has 0 N–H and O–H groups in total. The summed E-state index contributed by atoms with van der Waals surface area (Å²) >= 11 is 0. The normalized spacial score (nSPS) is 12.8. The van der Waals surface area contributed by atoms with Gasteiger partial charge in [-0.3, -0.25) is 14.4 Å². The fourth-order valence-corrected chi connectivity index (χ4v) is 8.15. The zero-order valence-corrected chi connectivity index (χ0v) is 46.5. The number of ether oxygens (including phenoxy) is 3. The number of hydrogen-bond donors (Lipinski definition) is 0. The van der Waals surface area contributed by atoms with Crippen molar-refractivity contribution in [2.45, 2.75) is 284 Å². The highest BCUT2D eigenvalue weighted by Gasteiger charge is 2.19. The molecular weight excluding hydrogens is 877 g/mol. The number of carbonyl (C=O) groups is 3. The Morgan fingerprint density at radius 1 is 0.296 bits per heavy atom. The lowest BCUT2D eigenvalue weighted by atomic mass is 10.0. The molecule has 0 radical (unpaired) electrons. The van der Waals surface area contributed by atoms with E-state index in [-0.39, 0.29) is 31.6 Å². The molecule has 6 nitrogen and oxygen atoms in total. The first-order chi connectivity index (χ1) is 35.0. The van der Waals surface area contributed by atoms with Gasteiger partial charge in [0.25, 0.3) is 0 Å². The van der Waals surface area contributed by atoms with Crippen molar-refractivity contribution >= 4 is 17.9 Å². The highest BCUT2D eigenvalue weighted by Crippen LogP contribution is 2.15. The molecule has 0 spiro atoms. The number of carbonyl (C=O) groups excluding carboxylic acids is 3. The van der Waals surface area contributed by atoms with Crippen LogP contribution in [0.2, 0.25) is 0 Å². The fraction of sp³-hybridized carbons (Fsp3) is 0.708. The number of esters is 3. The molecule has 406 valence electrons. The zero-order chi connectivity index (χ0) is 51.4. The molecule has 0 rings (SSSR count). The summed E-state index contributed by atoms with van der Waals surface area (Å²) < 4.78 is 16.8. The van der Waals surface area contributed by atoms with Gasteiger partial charge in [0, 0.05) is 19.3 Å². The monoisotopic (exact) mass is 987 g/mol. The van der Waals surface area contributed by atoms with E-state index in [0.29, 0.717) is 19.3 Å². The van der Waals surface area contributed by atoms with Crippen LogP contribution in [-0.2, 0) is 28.6 Å². The Kier molecular flexibility index (Phi) is 55.9. The first kappa shape index (κ1) is 67.3. The molecular formula is C65H110O6. The Morgan fingerprint density at radius 2 is 0.577 bits per heavy atom. The first-order valence-electron chi connectivity index (χ1n) is 29.7. The van der Waals surface area contributed by atoms with Gasteiger partial charge in [-0.1, -0.05) is 266 Å². The molecule has 6 heteroatoms. The topological polar surface area (TPSA) is 78.9 Å². The Bertz CT molecular complexity index is 1410. The highest BCUT2D eigenvalue weighted by atomic mass is 16.6. The smallest absolute Gasteiger partial charge is 0.306 e. The maximum atomic E-state index is 12.8. The van der Waals surface area contributed by atoms with Crippen LogP contribution in [0, 0.1) is 0 Å². The van der Waals surface area contributed by atoms with Crippen LogP contribution in [0.1, 0.15) is 278 Å². The maximum Gasteiger partial charge on any atom is 0.306 e. The van der Waals surface area contributed by atoms with E-state index in [9.17, 15) is 14.4 Å². The average Bonchev–Trinajstić information content (AvgIpc) is 3.37. The van der Waals surface area contributed by atoms with Gasteiger partial charge in [0.1, 0.15) is 13.2 Å². The van der Waals surface area contributed by atoms with Gasteiger partial charge in [-0.25, -0.2) is 0 Å². The van der Waals surface area contributed by atoms with Crippen LogP contribution in [0.3, 0.4) is 0 Å². The Morgan fingerprint density at radius 3 is 0.915 bits per heavy atom. The minimum Gasteiger partial charge on any atom is -0.462 e. The van der Waals surface area contributed by atoms with E-state index in [2.05, 4.69) is 112 Å². The Hall–Kier alpha value is -3.67. The summed E-state index contributed by atoms with van der Waals surface area (Å²) in [5.74, 6) is -0.991. The maximum absolute atomic E-state index is 12.8. The van der Waals surface area contributed by atoms with Gasteiger partial charge in [0.05, 0.1) is 0 Å². The van der Waals surface area contributed by atoms with E-state index < -0.39 is 12.1 Å². The third kappa shape index (κ3) is 57.1. The summed E-state index contributed by atoms with van der Waals surface area (Å²) in [7, 11) is 0. The van der Waals surface area contributed by atoms with Crippen LogP contribution in [-0.4, -0.2) is 37.2 Å². The van der Waals surface area contributed by atoms with Crippen LogP contribution in [0.15, 0.2) is 97.2 Å². The van der Waals surface area contributed by atoms with Crippen LogP contribution in [0.4, 0.5) is 0 Å². The van der Waals surface area contributed by atoms with Crippen molar-refractivity contribution in [3.05, 3.63) is 97.2 Å². The molecule has 1 atom stereocenters. The molecule has 0 aliphatic rings. The quantitative estimate of drug-likeness (QED) is 0.0261. The van der Waals surface area contributed by atoms with Gasteiger partial charge in [-0.15, -0.1) is 0 Å². The third-order valence-corrected chi connectivity index (χ3v) is 12.6. The lowest BCUT2D eigenvalue weighted by molar-refractivity contribution is -0.166. The second-order valence-corrected chi connectivity index (χ2v) is 19.5. The van der Waals surface area contributed by atoms with Crippen molar-refractivity contribution in [1.29, 1.82) is 0 Å². The largest absolute Gasteiger partial charge is 0.462 e. The van der Waals surface area contributed by atoms with E-state index >= 15 is 0 Å². The summed E-state index contributed by atoms with van der Waals surface area (Å²) in [6, 6.07) is 0. The molecule has 71 heavy (non-hydrogen) atoms. The molecule has 0 saturated carbocycles. The molecule has 0 aliphatic carbocycles. The summed E-state index contributed by atoms with van der Waals surface area (Å²) in [6.45, 7) is 6.44. The molecule has 0 heterocycles. The van der Waals surface area contributed by atoms with Crippen molar-refractivity contribution < 1.29 is 28.6 Å². The van der Waals surface area contributed by atoms with Crippen molar-refractivity contribution in [2.24, 2.45) is 0 Å². The van der Waals surface area contributed by atoms with E-state index in [4.69, 9.17) is 14.2 Å². The predicted octanol–water partition coefficient (Wildman–Crippen LogP) is 20.1. The van der Waals surface area contributed by atoms with Gasteiger partial charge < -0.3 is 14.2 Å². The van der Waals surface area contributed by atoms with E-state index in [1.807, 2.05) is 6.08 Å². The molecule has 0 fully saturated rings. The van der Waals surface area contributed by atoms with Crippen LogP contribution in [0.25, 0.3) is 0 Å². The lowest BCUT2D eigenvalue weighted by Crippen LogP contribution is -2.30. The zero-order valence-electron chi connectivity index (χ0n) is 46.5. The first-order valence-corrected chi connectivity index (χ1v) is 29.7. The van der Waals surface area contributed by atoms with E-state index in [0.717, 1.165) is 83.5 Å². The molecule has 0 aromatic carbocycles. The van der Waals surface area contributed by atoms with Crippen LogP contribution >= 0.6 is 0 Å². The minimum absolute atomic E-state index is 0.106. The summed E-state index contributed by atoms with van der Waals surface area (Å²) in [6.07, 6.45) is 78.6. The molecule has 0 saturated heterocycles. The Balaban J connectivity index is 4.32. The number of hydrogen-bond acceptors (Lipinski definition) is 6. The predicted molar refractivity (Wildman–Crippen MR) is 307 cm³/mol. The van der Waals surface area contributed by atoms with Crippen LogP contribution in [0.5, 0.6) is 0 Å². The van der Waals surface area contributed by atoms with Gasteiger partial charge in [0.2, 0.25) is 0 Å². The molecule has 0 aliphatic heterocycles. The number of unbranched alkanes of at least 4 members (excludes halogenated alkanes) is 26. The molecule has 1 unspecified atom stereocenters. The average molecular weight is 988 g/mol. The van der Waals surface area contributed by atoms with Crippen molar-refractivity contribution in [1.82, 2.24) is 0 Å². The fourth-order valence-electron chi connectivity index (χ4n) is 8.15. The number of allylic oxidation sites excluding steroid dienone is 16. The van der Waals surface area contributed by atoms with Gasteiger partial charge in [-0.2, -0.15) is 0 Å². The van der Waals surface area contributed by atoms with Crippen molar-refractivity contribution in [3.8, 4) is 0 Å². The van der Waals surface area contributed by atoms with Gasteiger partial charge >= 0.3 is 17.9 Å². The van der Waals surface area contributed by atoms with E-state index in [1.165, 1.54) is 148 Å². The van der Waals surface area contributed by atoms with Crippen molar-refractivity contribution in [2.75, 3.05) is 13.2 Å². The number of rotatable bonds is 53. The summed E-state index contributed by atoms with van der Waals surface area (Å²) in [4.78, 5) is 38.0. The van der Waals surface area contributed by atoms with Gasteiger partial charge in [-0.05, 0) is 89.9 Å². The highest BCUT2D eigenvalue weighted by molar-refractivity contribution is 5.71. The SMILES string of the molecule is CC/C=C\C/C=C\C/C=C\C/C=C\C/C=C\C/C=C\CCC(=O)OC(COC(=O)CCCCCCCCCCC)COC(=O)CCCCCCCCCCCCCCC/C=C\C/C=C\CCCCCCC. The summed E-state index contributed by atoms with van der Waals surface area (Å²) in [5, 5.41) is 0. The lowest BCUT2D eigenvalue weighted by Gasteiger charge is -2.18. The standard InChI is InChI=1S/C65H110O6/c1-4-7-10-13-16-19-21-23-25-27-29-30-31-32-33-34-36-37-39-41-43-46-49-52-55-58-64(67)70-61-62(60-69-63(66)57-54-51-48-45-18-15-12-9-6-3)71-65(68)59-56-53-50-47-44-42-40-38-35-28-26-24-22-20-17-14-11-8-5-2/h8,11,17,20-21,23-24,26-27,29,35,38,42,44,50,53,62H,4-7,9-10,12-16,18-19,22,25,28,30-34,36-37,39-41,43,45-49,51-52,54-61H2,1-3H3/b11-8-,20-17-,23-21-,26-24-,29-27-,38-35-,44-42-,53-50-. The minimum atomic E-state index is -0.816. The Labute approximate surface area is 438 Å². The summed E-state index contributed by atoms with van der Waals surface area (Å²) in [5.41, 5.74) is 0. The van der Waals surface area contributed by atoms with E-state index in [1.54, 1.807) is 0 Å². The third-order valence-electron chi connectivity index (χ3n) is 12.6. The molecule has 0 aromatic heterocycles. The second-order valence-electron chi connectivity index (χ2n) is 19.5. The van der Waals surface area contributed by atoms with Crippen LogP contribution < -0.4 is 0 Å². The second kappa shape index (κ2) is 58.9. The van der Waals surface area contributed by atoms with Gasteiger partial charge in [0.15, 0.2) is 6.10 Å². The van der Waals surface area contributed by atoms with Crippen molar-refractivity contribution in [3.63, 3.8) is 0 Å². The molecule has 0 amide bonds.